The molecule has 42 heavy (non-hydrogen) atoms. The zero-order valence-corrected chi connectivity index (χ0v) is 24.2. The molecular formula is C25H36O17. The number of carbonyl (C=O) groups excluding carboxylic acids is 6. The third-order valence-electron chi connectivity index (χ3n) is 5.85. The van der Waals surface area contributed by atoms with Crippen molar-refractivity contribution in [2.75, 3.05) is 20.3 Å². The van der Waals surface area contributed by atoms with Gasteiger partial charge in [-0.1, -0.05) is 0 Å². The second kappa shape index (κ2) is 15.7. The fourth-order valence-corrected chi connectivity index (χ4v) is 4.48. The van der Waals surface area contributed by atoms with Crippen molar-refractivity contribution in [3.05, 3.63) is 0 Å². The lowest BCUT2D eigenvalue weighted by Crippen LogP contribution is -2.67. The van der Waals surface area contributed by atoms with E-state index in [1.165, 1.54) is 7.11 Å². The third-order valence-corrected chi connectivity index (χ3v) is 5.85. The molecule has 1 N–H and O–H groups in total. The number of rotatable bonds is 11. The van der Waals surface area contributed by atoms with E-state index in [0.717, 1.165) is 41.5 Å². The summed E-state index contributed by atoms with van der Waals surface area (Å²) in [7, 11) is 1.22. The van der Waals surface area contributed by atoms with Gasteiger partial charge in [0.05, 0.1) is 6.61 Å². The third kappa shape index (κ3) is 9.59. The highest BCUT2D eigenvalue weighted by Gasteiger charge is 2.57. The maximum atomic E-state index is 12.2. The van der Waals surface area contributed by atoms with E-state index in [1.54, 1.807) is 0 Å². The summed E-state index contributed by atoms with van der Waals surface area (Å²) in [5.74, 6) is -4.92. The Bertz CT molecular complexity index is 997. The van der Waals surface area contributed by atoms with Crippen LogP contribution in [0, 0.1) is 0 Å². The lowest BCUT2D eigenvalue weighted by Gasteiger charge is -2.48. The highest BCUT2D eigenvalue weighted by atomic mass is 16.8. The topological polar surface area (TPSA) is 215 Å². The number of carbonyl (C=O) groups is 6. The molecule has 17 nitrogen and oxygen atoms in total. The van der Waals surface area contributed by atoms with Crippen molar-refractivity contribution in [3.63, 3.8) is 0 Å². The van der Waals surface area contributed by atoms with Crippen LogP contribution in [0.4, 0.5) is 0 Å². The summed E-state index contributed by atoms with van der Waals surface area (Å²) in [6.45, 7) is 5.17. The molecule has 2 aliphatic heterocycles. The van der Waals surface area contributed by atoms with Gasteiger partial charge in [-0.25, -0.2) is 0 Å². The average Bonchev–Trinajstić information content (AvgIpc) is 2.86. The fraction of sp³-hybridized carbons (Fsp3) is 0.760. The molecule has 0 aromatic rings. The highest BCUT2D eigenvalue weighted by Crippen LogP contribution is 2.35. The lowest BCUT2D eigenvalue weighted by atomic mass is 9.96. The van der Waals surface area contributed by atoms with Crippen LogP contribution in [0.25, 0.3) is 0 Å². The highest BCUT2D eigenvalue weighted by molar-refractivity contribution is 5.69. The average molecular weight is 609 g/mol. The monoisotopic (exact) mass is 608 g/mol. The Morgan fingerprint density at radius 1 is 0.548 bits per heavy atom. The molecule has 2 fully saturated rings. The van der Waals surface area contributed by atoms with Crippen LogP contribution in [-0.2, 0) is 76.1 Å². The summed E-state index contributed by atoms with van der Waals surface area (Å²) in [6.07, 6.45) is -14.7. The lowest BCUT2D eigenvalue weighted by molar-refractivity contribution is -0.359. The van der Waals surface area contributed by atoms with Gasteiger partial charge in [0.1, 0.15) is 24.9 Å². The van der Waals surface area contributed by atoms with Gasteiger partial charge in [0.25, 0.3) is 0 Å². The first-order valence-electron chi connectivity index (χ1n) is 12.8. The smallest absolute Gasteiger partial charge is 0.303 e. The maximum Gasteiger partial charge on any atom is 0.303 e. The molecule has 17 heteroatoms. The molecule has 0 bridgehead atoms. The van der Waals surface area contributed by atoms with Gasteiger partial charge in [-0.05, 0) is 0 Å². The molecule has 0 aromatic heterocycles. The van der Waals surface area contributed by atoms with Gasteiger partial charge in [-0.3, -0.25) is 28.8 Å². The molecule has 0 aliphatic carbocycles. The van der Waals surface area contributed by atoms with Crippen LogP contribution in [-0.4, -0.2) is 123 Å². The molecule has 0 aromatic carbocycles. The van der Waals surface area contributed by atoms with Crippen molar-refractivity contribution in [2.24, 2.45) is 0 Å². The fourth-order valence-electron chi connectivity index (χ4n) is 4.48. The van der Waals surface area contributed by atoms with E-state index in [4.69, 9.17) is 47.4 Å². The number of aliphatic hydroxyl groups is 1. The molecular weight excluding hydrogens is 572 g/mol. The van der Waals surface area contributed by atoms with Crippen LogP contribution >= 0.6 is 0 Å². The quantitative estimate of drug-likeness (QED) is 0.213. The molecule has 2 rings (SSSR count). The number of hydrogen-bond acceptors (Lipinski definition) is 17. The van der Waals surface area contributed by atoms with E-state index >= 15 is 0 Å². The molecule has 0 spiro atoms. The van der Waals surface area contributed by atoms with Gasteiger partial charge in [-0.15, -0.1) is 0 Å². The number of methoxy groups -OCH3 is 1. The number of aliphatic hydroxyl groups excluding tert-OH is 1. The summed E-state index contributed by atoms with van der Waals surface area (Å²) >= 11 is 0. The molecule has 2 heterocycles. The van der Waals surface area contributed by atoms with Gasteiger partial charge in [0.2, 0.25) is 0 Å². The Hall–Kier alpha value is -3.38. The number of hydrogen-bond donors (Lipinski definition) is 1. The van der Waals surface area contributed by atoms with E-state index in [-0.39, 0.29) is 0 Å². The molecule has 0 amide bonds. The van der Waals surface area contributed by atoms with Crippen LogP contribution in [0.2, 0.25) is 0 Å². The summed E-state index contributed by atoms with van der Waals surface area (Å²) in [5, 5.41) is 10.0. The minimum atomic E-state index is -1.72. The second-order valence-electron chi connectivity index (χ2n) is 9.28. The van der Waals surface area contributed by atoms with Gasteiger partial charge in [0, 0.05) is 48.7 Å². The largest absolute Gasteiger partial charge is 0.463 e. The Morgan fingerprint density at radius 2 is 0.952 bits per heavy atom. The van der Waals surface area contributed by atoms with E-state index < -0.39 is 110 Å². The standard InChI is InChI=1S/C25H36O17/c1-10(27)34-9-17-19(21(37-13(4)30)22(38-14(5)31)24(33-7)41-17)42-25-23(39-15(6)32)20(36-12(3)29)18(35-11(2)28)16(8-26)40-25/h16-26H,8-9H2,1-7H3/t16-,17-,18+,19-,20+,21+,22-,23-,24-,25+/m1/s1. The summed E-state index contributed by atoms with van der Waals surface area (Å²) < 4.78 is 54.9. The van der Waals surface area contributed by atoms with Gasteiger partial charge in [-0.2, -0.15) is 0 Å². The Labute approximate surface area is 240 Å². The van der Waals surface area contributed by atoms with Crippen molar-refractivity contribution < 1.29 is 81.2 Å². The van der Waals surface area contributed by atoms with Gasteiger partial charge in [0.15, 0.2) is 43.1 Å². The van der Waals surface area contributed by atoms with Crippen molar-refractivity contribution in [3.8, 4) is 0 Å². The predicted octanol–water partition coefficient (Wildman–Crippen LogP) is -1.32. The zero-order valence-electron chi connectivity index (χ0n) is 24.2. The molecule has 10 atom stereocenters. The SMILES string of the molecule is CO[C@@H]1O[C@H](COC(C)=O)[C@@H](O[C@@H]2O[C@H](CO)[C@H](OC(C)=O)[C@H](OC(C)=O)[C@H]2OC(C)=O)[C@H](OC(C)=O)[C@H]1OC(C)=O. The Kier molecular flexibility index (Phi) is 13.0. The van der Waals surface area contributed by atoms with E-state index in [2.05, 4.69) is 0 Å². The molecule has 0 unspecified atom stereocenters. The van der Waals surface area contributed by atoms with Crippen molar-refractivity contribution in [2.45, 2.75) is 103 Å². The molecule has 2 aliphatic rings. The first-order chi connectivity index (χ1) is 19.7. The van der Waals surface area contributed by atoms with Crippen LogP contribution < -0.4 is 0 Å². The van der Waals surface area contributed by atoms with Crippen molar-refractivity contribution in [1.29, 1.82) is 0 Å². The normalized spacial score (nSPS) is 32.6. The minimum Gasteiger partial charge on any atom is -0.463 e. The van der Waals surface area contributed by atoms with Crippen molar-refractivity contribution >= 4 is 35.8 Å². The summed E-state index contributed by atoms with van der Waals surface area (Å²) in [6, 6.07) is 0. The number of esters is 6. The van der Waals surface area contributed by atoms with Gasteiger partial charge < -0.3 is 52.5 Å². The zero-order chi connectivity index (χ0) is 31.7. The summed E-state index contributed by atoms with van der Waals surface area (Å²) in [5.41, 5.74) is 0. The van der Waals surface area contributed by atoms with Gasteiger partial charge >= 0.3 is 35.8 Å². The van der Waals surface area contributed by atoms with E-state index in [0.29, 0.717) is 0 Å². The molecule has 0 radical (unpaired) electrons. The Balaban J connectivity index is 2.63. The second-order valence-corrected chi connectivity index (χ2v) is 9.28. The van der Waals surface area contributed by atoms with Crippen LogP contribution in [0.1, 0.15) is 41.5 Å². The summed E-state index contributed by atoms with van der Waals surface area (Å²) in [4.78, 5) is 71.7. The van der Waals surface area contributed by atoms with E-state index in [1.807, 2.05) is 0 Å². The van der Waals surface area contributed by atoms with Crippen LogP contribution in [0.3, 0.4) is 0 Å². The maximum absolute atomic E-state index is 12.2. The molecule has 238 valence electrons. The predicted molar refractivity (Wildman–Crippen MR) is 131 cm³/mol. The Morgan fingerprint density at radius 3 is 1.38 bits per heavy atom. The minimum absolute atomic E-state index is 0.484. The first-order valence-corrected chi connectivity index (χ1v) is 12.8. The molecule has 2 saturated heterocycles. The number of ether oxygens (including phenoxy) is 10. The van der Waals surface area contributed by atoms with E-state index in [9.17, 15) is 33.9 Å². The van der Waals surface area contributed by atoms with Crippen LogP contribution in [0.15, 0.2) is 0 Å². The molecule has 0 saturated carbocycles. The van der Waals surface area contributed by atoms with Crippen LogP contribution in [0.5, 0.6) is 0 Å². The first kappa shape index (κ1) is 34.8. The van der Waals surface area contributed by atoms with Crippen molar-refractivity contribution in [1.82, 2.24) is 0 Å².